The Balaban J connectivity index is 2.41. The van der Waals surface area contributed by atoms with Crippen LogP contribution in [0, 0.1) is 0 Å². The van der Waals surface area contributed by atoms with E-state index in [0.29, 0.717) is 11.3 Å². The third kappa shape index (κ3) is 6.97. The van der Waals surface area contributed by atoms with Gasteiger partial charge in [-0.15, -0.1) is 0 Å². The smallest absolute Gasteiger partial charge is 0.338 e. The van der Waals surface area contributed by atoms with Crippen LogP contribution in [-0.2, 0) is 14.3 Å². The van der Waals surface area contributed by atoms with Gasteiger partial charge in [-0.3, -0.25) is 0 Å². The lowest BCUT2D eigenvalue weighted by atomic mass is 10.2. The number of rotatable bonds is 8. The fraction of sp³-hybridized carbons (Fsp3) is 0.412. The fourth-order valence-electron chi connectivity index (χ4n) is 1.54. The SMILES string of the molecule is C=C(C)C(=O)OCC(O)COC(=O)c1ccc(OC(C)C)cc1. The fourth-order valence-corrected chi connectivity index (χ4v) is 1.54. The number of benzene rings is 1. The van der Waals surface area contributed by atoms with Crippen LogP contribution in [0.25, 0.3) is 0 Å². The van der Waals surface area contributed by atoms with Crippen LogP contribution in [0.3, 0.4) is 0 Å². The quantitative estimate of drug-likeness (QED) is 0.583. The summed E-state index contributed by atoms with van der Waals surface area (Å²) in [4.78, 5) is 23.0. The summed E-state index contributed by atoms with van der Waals surface area (Å²) in [5.74, 6) is -0.522. The van der Waals surface area contributed by atoms with Crippen molar-refractivity contribution in [2.75, 3.05) is 13.2 Å². The van der Waals surface area contributed by atoms with Crippen molar-refractivity contribution in [1.29, 1.82) is 0 Å². The monoisotopic (exact) mass is 322 g/mol. The van der Waals surface area contributed by atoms with Gasteiger partial charge in [0.25, 0.3) is 0 Å². The molecule has 0 saturated carbocycles. The van der Waals surface area contributed by atoms with Crippen molar-refractivity contribution < 1.29 is 28.9 Å². The number of carbonyl (C=O) groups excluding carboxylic acids is 2. The van der Waals surface area contributed by atoms with Crippen LogP contribution >= 0.6 is 0 Å². The van der Waals surface area contributed by atoms with Crippen molar-refractivity contribution in [2.45, 2.75) is 33.0 Å². The predicted octanol–water partition coefficient (Wildman–Crippen LogP) is 2.11. The molecule has 6 nitrogen and oxygen atoms in total. The Morgan fingerprint density at radius 2 is 1.70 bits per heavy atom. The second-order valence-corrected chi connectivity index (χ2v) is 5.32. The summed E-state index contributed by atoms with van der Waals surface area (Å²) in [5, 5.41) is 9.61. The summed E-state index contributed by atoms with van der Waals surface area (Å²) in [6.45, 7) is 8.20. The highest BCUT2D eigenvalue weighted by atomic mass is 16.6. The summed E-state index contributed by atoms with van der Waals surface area (Å²) >= 11 is 0. The molecule has 0 radical (unpaired) electrons. The van der Waals surface area contributed by atoms with Crippen molar-refractivity contribution in [1.82, 2.24) is 0 Å². The maximum atomic E-state index is 11.8. The molecular formula is C17H22O6. The molecule has 0 aliphatic rings. The molecule has 0 bridgehead atoms. The van der Waals surface area contributed by atoms with E-state index >= 15 is 0 Å². The van der Waals surface area contributed by atoms with Gasteiger partial charge >= 0.3 is 11.9 Å². The molecule has 1 aromatic rings. The summed E-state index contributed by atoms with van der Waals surface area (Å²) in [6.07, 6.45) is -1.05. The van der Waals surface area contributed by atoms with Crippen LogP contribution in [0.2, 0.25) is 0 Å². The number of hydrogen-bond acceptors (Lipinski definition) is 6. The van der Waals surface area contributed by atoms with Crippen molar-refractivity contribution in [3.05, 3.63) is 42.0 Å². The van der Waals surface area contributed by atoms with Crippen molar-refractivity contribution in [3.8, 4) is 5.75 Å². The van der Waals surface area contributed by atoms with Gasteiger partial charge in [0.1, 0.15) is 25.1 Å². The standard InChI is InChI=1S/C17H22O6/c1-11(2)16(19)21-9-14(18)10-22-17(20)13-5-7-15(8-6-13)23-12(3)4/h5-8,12,14,18H,1,9-10H2,2-4H3. The lowest BCUT2D eigenvalue weighted by molar-refractivity contribution is -0.142. The lowest BCUT2D eigenvalue weighted by Gasteiger charge is -2.12. The largest absolute Gasteiger partial charge is 0.491 e. The van der Waals surface area contributed by atoms with E-state index in [1.807, 2.05) is 13.8 Å². The topological polar surface area (TPSA) is 82.1 Å². The Hall–Kier alpha value is -2.34. The molecule has 0 aliphatic carbocycles. The lowest BCUT2D eigenvalue weighted by Crippen LogP contribution is -2.25. The molecule has 126 valence electrons. The summed E-state index contributed by atoms with van der Waals surface area (Å²) in [7, 11) is 0. The van der Waals surface area contributed by atoms with E-state index in [2.05, 4.69) is 6.58 Å². The van der Waals surface area contributed by atoms with E-state index in [-0.39, 0.29) is 24.9 Å². The van der Waals surface area contributed by atoms with E-state index in [0.717, 1.165) is 0 Å². The van der Waals surface area contributed by atoms with Gasteiger partial charge in [0, 0.05) is 5.57 Å². The van der Waals surface area contributed by atoms with E-state index in [1.165, 1.54) is 6.92 Å². The predicted molar refractivity (Wildman–Crippen MR) is 84.3 cm³/mol. The first-order valence-electron chi connectivity index (χ1n) is 7.24. The first-order valence-corrected chi connectivity index (χ1v) is 7.24. The van der Waals surface area contributed by atoms with Gasteiger partial charge in [0.15, 0.2) is 0 Å². The molecule has 1 N–H and O–H groups in total. The molecule has 0 aromatic heterocycles. The van der Waals surface area contributed by atoms with Gasteiger partial charge in [0.05, 0.1) is 11.7 Å². The Labute approximate surface area is 135 Å². The van der Waals surface area contributed by atoms with Crippen molar-refractivity contribution >= 4 is 11.9 Å². The normalized spacial score (nSPS) is 11.7. The molecule has 0 spiro atoms. The minimum Gasteiger partial charge on any atom is -0.491 e. The number of ether oxygens (including phenoxy) is 3. The zero-order valence-electron chi connectivity index (χ0n) is 13.6. The zero-order chi connectivity index (χ0) is 17.4. The van der Waals surface area contributed by atoms with Crippen molar-refractivity contribution in [3.63, 3.8) is 0 Å². The number of carbonyl (C=O) groups is 2. The van der Waals surface area contributed by atoms with Gasteiger partial charge in [-0.25, -0.2) is 9.59 Å². The van der Waals surface area contributed by atoms with Crippen LogP contribution in [0.15, 0.2) is 36.4 Å². The molecule has 0 saturated heterocycles. The van der Waals surface area contributed by atoms with Crippen LogP contribution < -0.4 is 4.74 Å². The van der Waals surface area contributed by atoms with Crippen molar-refractivity contribution in [2.24, 2.45) is 0 Å². The van der Waals surface area contributed by atoms with Crippen LogP contribution in [-0.4, -0.2) is 42.5 Å². The molecule has 6 heteroatoms. The van der Waals surface area contributed by atoms with Crippen LogP contribution in [0.1, 0.15) is 31.1 Å². The molecule has 0 fully saturated rings. The molecule has 1 rings (SSSR count). The third-order valence-electron chi connectivity index (χ3n) is 2.62. The molecule has 23 heavy (non-hydrogen) atoms. The third-order valence-corrected chi connectivity index (χ3v) is 2.62. The van der Waals surface area contributed by atoms with E-state index in [1.54, 1.807) is 24.3 Å². The van der Waals surface area contributed by atoms with Crippen LogP contribution in [0.4, 0.5) is 0 Å². The van der Waals surface area contributed by atoms with E-state index in [4.69, 9.17) is 14.2 Å². The van der Waals surface area contributed by atoms with Crippen LogP contribution in [0.5, 0.6) is 5.75 Å². The second kappa shape index (κ2) is 8.95. The van der Waals surface area contributed by atoms with Gasteiger partial charge in [-0.2, -0.15) is 0 Å². The first-order chi connectivity index (χ1) is 10.8. The molecule has 1 unspecified atom stereocenters. The highest BCUT2D eigenvalue weighted by molar-refractivity contribution is 5.89. The average Bonchev–Trinajstić information content (AvgIpc) is 2.50. The van der Waals surface area contributed by atoms with Gasteiger partial charge < -0.3 is 19.3 Å². The highest BCUT2D eigenvalue weighted by Crippen LogP contribution is 2.14. The molecular weight excluding hydrogens is 300 g/mol. The first kappa shape index (κ1) is 18.7. The minimum absolute atomic E-state index is 0.0462. The molecule has 0 amide bonds. The number of hydrogen-bond donors (Lipinski definition) is 1. The zero-order valence-corrected chi connectivity index (χ0v) is 13.6. The Morgan fingerprint density at radius 1 is 1.13 bits per heavy atom. The number of aliphatic hydroxyl groups is 1. The maximum Gasteiger partial charge on any atom is 0.338 e. The average molecular weight is 322 g/mol. The maximum absolute atomic E-state index is 11.8. The summed E-state index contributed by atoms with van der Waals surface area (Å²) in [6, 6.07) is 6.49. The molecule has 1 aromatic carbocycles. The van der Waals surface area contributed by atoms with Gasteiger partial charge in [0.2, 0.25) is 0 Å². The Kier molecular flexibility index (Phi) is 7.28. The molecule has 1 atom stereocenters. The summed E-state index contributed by atoms with van der Waals surface area (Å²) in [5.41, 5.74) is 0.574. The highest BCUT2D eigenvalue weighted by Gasteiger charge is 2.13. The number of aliphatic hydroxyl groups excluding tert-OH is 1. The minimum atomic E-state index is -1.09. The van der Waals surface area contributed by atoms with Gasteiger partial charge in [-0.05, 0) is 45.0 Å². The molecule has 0 heterocycles. The van der Waals surface area contributed by atoms with E-state index < -0.39 is 18.0 Å². The summed E-state index contributed by atoms with van der Waals surface area (Å²) < 4.78 is 15.2. The van der Waals surface area contributed by atoms with Gasteiger partial charge in [-0.1, -0.05) is 6.58 Å². The molecule has 0 aliphatic heterocycles. The second-order valence-electron chi connectivity index (χ2n) is 5.32. The Morgan fingerprint density at radius 3 is 2.22 bits per heavy atom. The Bertz CT molecular complexity index is 547. The number of esters is 2. The van der Waals surface area contributed by atoms with E-state index in [9.17, 15) is 14.7 Å².